The normalized spacial score (nSPS) is 17.9. The molecular weight excluding hydrogens is 186 g/mol. The third-order valence-electron chi connectivity index (χ3n) is 2.99. The highest BCUT2D eigenvalue weighted by Gasteiger charge is 2.08. The molecule has 0 amide bonds. The number of hydrogen-bond donors (Lipinski definition) is 0. The van der Waals surface area contributed by atoms with E-state index < -0.39 is 0 Å². The average molecular weight is 211 g/mol. The van der Waals surface area contributed by atoms with E-state index in [1.165, 1.54) is 45.1 Å². The predicted molar refractivity (Wildman–Crippen MR) is 65.2 cm³/mol. The molecule has 1 heterocycles. The van der Waals surface area contributed by atoms with Crippen LogP contribution in [0.2, 0.25) is 0 Å². The molecule has 15 heavy (non-hydrogen) atoms. The molecule has 0 radical (unpaired) electrons. The molecule has 88 valence electrons. The van der Waals surface area contributed by atoms with E-state index in [-0.39, 0.29) is 0 Å². The van der Waals surface area contributed by atoms with Gasteiger partial charge in [0.25, 0.3) is 0 Å². The van der Waals surface area contributed by atoms with Gasteiger partial charge in [-0.3, -0.25) is 4.90 Å². The minimum absolute atomic E-state index is 0.930. The third kappa shape index (κ3) is 6.69. The van der Waals surface area contributed by atoms with E-state index in [2.05, 4.69) is 11.5 Å². The smallest absolute Gasteiger partial charge is 0.0594 e. The Labute approximate surface area is 94.3 Å². The van der Waals surface area contributed by atoms with Crippen molar-refractivity contribution < 1.29 is 4.74 Å². The van der Waals surface area contributed by atoms with Crippen LogP contribution in [0.15, 0.2) is 12.7 Å². The maximum atomic E-state index is 5.32. The Kier molecular flexibility index (Phi) is 7.58. The highest BCUT2D eigenvalue weighted by Crippen LogP contribution is 2.07. The molecule has 1 fully saturated rings. The van der Waals surface area contributed by atoms with Crippen LogP contribution in [0.25, 0.3) is 0 Å². The fourth-order valence-electron chi connectivity index (χ4n) is 1.98. The van der Waals surface area contributed by atoms with Crippen LogP contribution in [0.4, 0.5) is 0 Å². The van der Waals surface area contributed by atoms with Crippen LogP contribution in [0.1, 0.15) is 38.5 Å². The van der Waals surface area contributed by atoms with Crippen LogP contribution in [0, 0.1) is 0 Å². The van der Waals surface area contributed by atoms with Gasteiger partial charge in [-0.25, -0.2) is 0 Å². The summed E-state index contributed by atoms with van der Waals surface area (Å²) in [5, 5.41) is 0. The Balaban J connectivity index is 1.81. The lowest BCUT2D eigenvalue weighted by atomic mass is 10.1. The molecule has 0 N–H and O–H groups in total. The number of nitrogens with zero attached hydrogens (tertiary/aromatic N) is 1. The first-order chi connectivity index (χ1) is 7.43. The van der Waals surface area contributed by atoms with Gasteiger partial charge in [0, 0.05) is 13.1 Å². The Morgan fingerprint density at radius 1 is 1.00 bits per heavy atom. The fraction of sp³-hybridized carbons (Fsp3) is 0.846. The summed E-state index contributed by atoms with van der Waals surface area (Å²) in [5.74, 6) is 0. The van der Waals surface area contributed by atoms with E-state index in [1.54, 1.807) is 0 Å². The first-order valence-corrected chi connectivity index (χ1v) is 6.34. The van der Waals surface area contributed by atoms with Gasteiger partial charge in [-0.2, -0.15) is 0 Å². The SMILES string of the molecule is C=CCCCCCCCN1CCOCC1. The van der Waals surface area contributed by atoms with Crippen molar-refractivity contribution in [1.82, 2.24) is 4.90 Å². The number of hydrogen-bond acceptors (Lipinski definition) is 2. The van der Waals surface area contributed by atoms with Crippen molar-refractivity contribution >= 4 is 0 Å². The maximum Gasteiger partial charge on any atom is 0.0594 e. The number of rotatable bonds is 8. The van der Waals surface area contributed by atoms with Crippen LogP contribution in [-0.4, -0.2) is 37.7 Å². The van der Waals surface area contributed by atoms with Crippen molar-refractivity contribution in [2.75, 3.05) is 32.8 Å². The summed E-state index contributed by atoms with van der Waals surface area (Å²) in [6, 6.07) is 0. The first-order valence-electron chi connectivity index (χ1n) is 6.34. The highest BCUT2D eigenvalue weighted by atomic mass is 16.5. The Hall–Kier alpha value is -0.340. The molecule has 0 spiro atoms. The van der Waals surface area contributed by atoms with E-state index in [9.17, 15) is 0 Å². The second kappa shape index (κ2) is 8.93. The Morgan fingerprint density at radius 3 is 2.40 bits per heavy atom. The molecule has 0 aromatic rings. The van der Waals surface area contributed by atoms with Gasteiger partial charge < -0.3 is 4.74 Å². The lowest BCUT2D eigenvalue weighted by Gasteiger charge is -2.26. The molecule has 0 atom stereocenters. The standard InChI is InChI=1S/C13H25NO/c1-2-3-4-5-6-7-8-9-14-10-12-15-13-11-14/h2H,1,3-13H2. The fourth-order valence-corrected chi connectivity index (χ4v) is 1.98. The molecule has 0 bridgehead atoms. The Morgan fingerprint density at radius 2 is 1.67 bits per heavy atom. The Bertz CT molecular complexity index is 153. The average Bonchev–Trinajstić information content (AvgIpc) is 2.29. The highest BCUT2D eigenvalue weighted by molar-refractivity contribution is 4.65. The summed E-state index contributed by atoms with van der Waals surface area (Å²) in [5.41, 5.74) is 0. The van der Waals surface area contributed by atoms with Gasteiger partial charge in [-0.1, -0.05) is 25.3 Å². The number of unbranched alkanes of at least 4 members (excludes halogenated alkanes) is 5. The van der Waals surface area contributed by atoms with E-state index in [4.69, 9.17) is 4.74 Å². The van der Waals surface area contributed by atoms with Crippen LogP contribution < -0.4 is 0 Å². The molecule has 1 aliphatic rings. The van der Waals surface area contributed by atoms with Crippen molar-refractivity contribution in [3.63, 3.8) is 0 Å². The molecular formula is C13H25NO. The zero-order valence-electron chi connectivity index (χ0n) is 9.92. The largest absolute Gasteiger partial charge is 0.379 e. The summed E-state index contributed by atoms with van der Waals surface area (Å²) in [7, 11) is 0. The quantitative estimate of drug-likeness (QED) is 0.452. The van der Waals surface area contributed by atoms with Crippen molar-refractivity contribution in [2.24, 2.45) is 0 Å². The summed E-state index contributed by atoms with van der Waals surface area (Å²) in [6.07, 6.45) is 10.0. The minimum atomic E-state index is 0.930. The molecule has 0 saturated carbocycles. The summed E-state index contributed by atoms with van der Waals surface area (Å²) in [4.78, 5) is 2.52. The summed E-state index contributed by atoms with van der Waals surface area (Å²) in [6.45, 7) is 9.14. The van der Waals surface area contributed by atoms with E-state index in [1.807, 2.05) is 6.08 Å². The van der Waals surface area contributed by atoms with Crippen molar-refractivity contribution in [3.8, 4) is 0 Å². The summed E-state index contributed by atoms with van der Waals surface area (Å²) < 4.78 is 5.32. The molecule has 1 saturated heterocycles. The van der Waals surface area contributed by atoms with E-state index >= 15 is 0 Å². The number of morpholine rings is 1. The zero-order valence-corrected chi connectivity index (χ0v) is 9.92. The van der Waals surface area contributed by atoms with Crippen LogP contribution in [-0.2, 0) is 4.74 Å². The van der Waals surface area contributed by atoms with Crippen LogP contribution in [0.5, 0.6) is 0 Å². The minimum Gasteiger partial charge on any atom is -0.379 e. The van der Waals surface area contributed by atoms with E-state index in [0.29, 0.717) is 0 Å². The van der Waals surface area contributed by atoms with Gasteiger partial charge in [-0.15, -0.1) is 6.58 Å². The molecule has 0 aromatic heterocycles. The summed E-state index contributed by atoms with van der Waals surface area (Å²) >= 11 is 0. The van der Waals surface area contributed by atoms with Crippen molar-refractivity contribution in [2.45, 2.75) is 38.5 Å². The molecule has 0 unspecified atom stereocenters. The maximum absolute atomic E-state index is 5.32. The zero-order chi connectivity index (χ0) is 10.8. The molecule has 0 aliphatic carbocycles. The molecule has 2 nitrogen and oxygen atoms in total. The van der Waals surface area contributed by atoms with Crippen LogP contribution in [0.3, 0.4) is 0 Å². The third-order valence-corrected chi connectivity index (χ3v) is 2.99. The predicted octanol–water partition coefficient (Wildman–Crippen LogP) is 2.85. The van der Waals surface area contributed by atoms with Gasteiger partial charge in [0.15, 0.2) is 0 Å². The number of ether oxygens (including phenoxy) is 1. The molecule has 1 rings (SSSR count). The van der Waals surface area contributed by atoms with Gasteiger partial charge in [-0.05, 0) is 25.8 Å². The van der Waals surface area contributed by atoms with Gasteiger partial charge in [0.05, 0.1) is 13.2 Å². The molecule has 0 aromatic carbocycles. The van der Waals surface area contributed by atoms with Gasteiger partial charge in [0.2, 0.25) is 0 Å². The van der Waals surface area contributed by atoms with Gasteiger partial charge >= 0.3 is 0 Å². The lowest BCUT2D eigenvalue weighted by Crippen LogP contribution is -2.36. The molecule has 2 heteroatoms. The number of allylic oxidation sites excluding steroid dienone is 1. The van der Waals surface area contributed by atoms with Crippen LogP contribution >= 0.6 is 0 Å². The first kappa shape index (κ1) is 12.7. The van der Waals surface area contributed by atoms with Crippen molar-refractivity contribution in [1.29, 1.82) is 0 Å². The topological polar surface area (TPSA) is 12.5 Å². The van der Waals surface area contributed by atoms with Gasteiger partial charge in [0.1, 0.15) is 0 Å². The van der Waals surface area contributed by atoms with E-state index in [0.717, 1.165) is 26.3 Å². The second-order valence-corrected chi connectivity index (χ2v) is 4.30. The monoisotopic (exact) mass is 211 g/mol. The second-order valence-electron chi connectivity index (χ2n) is 4.30. The van der Waals surface area contributed by atoms with Crippen molar-refractivity contribution in [3.05, 3.63) is 12.7 Å². The lowest BCUT2D eigenvalue weighted by molar-refractivity contribution is 0.0371. The molecule has 1 aliphatic heterocycles.